The Morgan fingerprint density at radius 1 is 1.07 bits per heavy atom. The summed E-state index contributed by atoms with van der Waals surface area (Å²) in [5.74, 6) is -0.351. The quantitative estimate of drug-likeness (QED) is 0.238. The number of hydrogen-bond acceptors (Lipinski definition) is 7. The molecular weight excluding hydrogens is 605 g/mol. The largest absolute Gasteiger partial charge is 0.493 e. The van der Waals surface area contributed by atoms with Crippen molar-refractivity contribution in [1.29, 1.82) is 0 Å². The smallest absolute Gasteiger partial charge is 0.434 e. The van der Waals surface area contributed by atoms with Gasteiger partial charge in [0.05, 0.1) is 29.9 Å². The molecule has 2 heterocycles. The lowest BCUT2D eigenvalue weighted by Gasteiger charge is -2.26. The monoisotopic (exact) mass is 628 g/mol. The molecule has 222 valence electrons. The number of alkyl halides is 3. The minimum absolute atomic E-state index is 0.114. The van der Waals surface area contributed by atoms with Crippen LogP contribution in [0.3, 0.4) is 0 Å². The van der Waals surface area contributed by atoms with Gasteiger partial charge in [-0.2, -0.15) is 13.2 Å². The number of hydrogen-bond donors (Lipinski definition) is 0. The van der Waals surface area contributed by atoms with Crippen LogP contribution in [0.5, 0.6) is 11.5 Å². The molecule has 0 aliphatic carbocycles. The zero-order valence-corrected chi connectivity index (χ0v) is 24.4. The van der Waals surface area contributed by atoms with E-state index in [0.717, 1.165) is 21.5 Å². The van der Waals surface area contributed by atoms with Crippen LogP contribution in [0.4, 0.5) is 13.2 Å². The van der Waals surface area contributed by atoms with Crippen molar-refractivity contribution in [1.82, 2.24) is 4.57 Å². The minimum atomic E-state index is -4.97. The maximum absolute atomic E-state index is 14.3. The van der Waals surface area contributed by atoms with E-state index in [4.69, 9.17) is 25.8 Å². The lowest BCUT2D eigenvalue weighted by molar-refractivity contribution is -0.140. The van der Waals surface area contributed by atoms with E-state index >= 15 is 0 Å². The first-order valence-electron chi connectivity index (χ1n) is 13.0. The molecular formula is C31H24ClF3N2O5S. The molecule has 0 saturated carbocycles. The number of allylic oxidation sites excluding steroid dienone is 1. The number of benzene rings is 3. The number of carbonyl (C=O) groups is 1. The molecule has 1 atom stereocenters. The van der Waals surface area contributed by atoms with E-state index < -0.39 is 35.0 Å². The second-order valence-corrected chi connectivity index (χ2v) is 10.7. The van der Waals surface area contributed by atoms with Crippen molar-refractivity contribution in [3.63, 3.8) is 0 Å². The molecule has 0 fully saturated rings. The first-order valence-corrected chi connectivity index (χ1v) is 14.2. The van der Waals surface area contributed by atoms with Gasteiger partial charge in [-0.25, -0.2) is 9.79 Å². The van der Waals surface area contributed by atoms with Crippen LogP contribution in [-0.4, -0.2) is 30.4 Å². The third-order valence-electron chi connectivity index (χ3n) is 6.50. The second kappa shape index (κ2) is 12.5. The Balaban J connectivity index is 1.59. The molecule has 0 radical (unpaired) electrons. The highest BCUT2D eigenvalue weighted by atomic mass is 35.5. The maximum Gasteiger partial charge on any atom is 0.434 e. The predicted octanol–water partition coefficient (Wildman–Crippen LogP) is 5.58. The van der Waals surface area contributed by atoms with E-state index in [1.165, 1.54) is 20.1 Å². The van der Waals surface area contributed by atoms with Crippen LogP contribution >= 0.6 is 22.9 Å². The average molecular weight is 629 g/mol. The highest BCUT2D eigenvalue weighted by molar-refractivity contribution is 7.07. The van der Waals surface area contributed by atoms with Gasteiger partial charge >= 0.3 is 12.1 Å². The molecule has 12 heteroatoms. The molecule has 0 bridgehead atoms. The number of halogens is 4. The standard InChI is InChI=1S/C31H24ClF3N2O5S/c1-3-41-29(39)25-26(20-7-5-4-6-8-20)37-28(38)24(43-30(37)36-27(25)31(33,34)35)16-19-11-14-22(23(15-19)40-2)42-17-18-9-12-21(32)13-10-18/h4-16,26H,3,17H2,1-2H3/t26-/m1/s1. The van der Waals surface area contributed by atoms with Crippen LogP contribution in [0.2, 0.25) is 5.02 Å². The van der Waals surface area contributed by atoms with Crippen molar-refractivity contribution in [2.75, 3.05) is 13.7 Å². The van der Waals surface area contributed by atoms with Crippen LogP contribution < -0.4 is 24.4 Å². The summed E-state index contributed by atoms with van der Waals surface area (Å²) in [5, 5.41) is 0.609. The van der Waals surface area contributed by atoms with Crippen molar-refractivity contribution in [2.45, 2.75) is 25.7 Å². The van der Waals surface area contributed by atoms with Gasteiger partial charge < -0.3 is 14.2 Å². The van der Waals surface area contributed by atoms with Gasteiger partial charge in [0.25, 0.3) is 5.56 Å². The summed E-state index contributed by atoms with van der Waals surface area (Å²) in [6, 6.07) is 18.8. The molecule has 1 aliphatic rings. The molecule has 7 nitrogen and oxygen atoms in total. The minimum Gasteiger partial charge on any atom is -0.493 e. The van der Waals surface area contributed by atoms with E-state index in [2.05, 4.69) is 4.99 Å². The Morgan fingerprint density at radius 2 is 1.79 bits per heavy atom. The SMILES string of the molecule is CCOC(=O)C1=C(C(F)(F)F)N=c2sc(=Cc3ccc(OCc4ccc(Cl)cc4)c(OC)c3)c(=O)n2[C@@H]1c1ccccc1. The zero-order chi connectivity index (χ0) is 30.7. The van der Waals surface area contributed by atoms with E-state index in [-0.39, 0.29) is 22.5 Å². The van der Waals surface area contributed by atoms with E-state index in [1.54, 1.807) is 60.7 Å². The van der Waals surface area contributed by atoms with Crippen molar-refractivity contribution in [3.05, 3.63) is 125 Å². The number of ether oxygens (including phenoxy) is 3. The van der Waals surface area contributed by atoms with Crippen LogP contribution in [0.15, 0.2) is 93.9 Å². The van der Waals surface area contributed by atoms with Gasteiger partial charge in [0.2, 0.25) is 0 Å². The van der Waals surface area contributed by atoms with E-state index in [0.29, 0.717) is 27.6 Å². The molecule has 0 spiro atoms. The van der Waals surface area contributed by atoms with Crippen LogP contribution in [-0.2, 0) is 16.1 Å². The maximum atomic E-state index is 14.3. The Bertz CT molecular complexity index is 1870. The van der Waals surface area contributed by atoms with Gasteiger partial charge in [0, 0.05) is 5.02 Å². The fourth-order valence-corrected chi connectivity index (χ4v) is 5.70. The van der Waals surface area contributed by atoms with Crippen molar-refractivity contribution < 1.29 is 32.2 Å². The number of aromatic nitrogens is 1. The normalized spacial score (nSPS) is 15.1. The number of carbonyl (C=O) groups excluding carboxylic acids is 1. The molecule has 0 unspecified atom stereocenters. The Labute approximate surface area is 252 Å². The third kappa shape index (κ3) is 6.37. The van der Waals surface area contributed by atoms with Crippen LogP contribution in [0.1, 0.15) is 29.7 Å². The summed E-state index contributed by atoms with van der Waals surface area (Å²) in [4.78, 5) is 30.3. The van der Waals surface area contributed by atoms with Crippen LogP contribution in [0, 0.1) is 0 Å². The summed E-state index contributed by atoms with van der Waals surface area (Å²) in [6.45, 7) is 1.59. The molecule has 1 aromatic heterocycles. The Hall–Kier alpha value is -4.35. The number of thiazole rings is 1. The van der Waals surface area contributed by atoms with Gasteiger partial charge in [-0.15, -0.1) is 0 Å². The predicted molar refractivity (Wildman–Crippen MR) is 156 cm³/mol. The van der Waals surface area contributed by atoms with Gasteiger partial charge in [-0.3, -0.25) is 9.36 Å². The zero-order valence-electron chi connectivity index (χ0n) is 22.9. The van der Waals surface area contributed by atoms with E-state index in [1.807, 2.05) is 12.1 Å². The second-order valence-electron chi connectivity index (χ2n) is 9.30. The van der Waals surface area contributed by atoms with Gasteiger partial charge in [-0.05, 0) is 54.0 Å². The molecule has 1 aliphatic heterocycles. The Kier molecular flexibility index (Phi) is 8.74. The molecule has 3 aromatic carbocycles. The topological polar surface area (TPSA) is 79.1 Å². The molecule has 43 heavy (non-hydrogen) atoms. The van der Waals surface area contributed by atoms with Gasteiger partial charge in [0.15, 0.2) is 22.0 Å². The molecule has 0 amide bonds. The number of nitrogens with zero attached hydrogens (tertiary/aromatic N) is 2. The highest BCUT2D eigenvalue weighted by Crippen LogP contribution is 2.38. The van der Waals surface area contributed by atoms with Gasteiger partial charge in [-0.1, -0.05) is 71.5 Å². The molecule has 0 saturated heterocycles. The summed E-state index contributed by atoms with van der Waals surface area (Å²) < 4.78 is 60.4. The fraction of sp³-hybridized carbons (Fsp3) is 0.194. The third-order valence-corrected chi connectivity index (χ3v) is 7.74. The summed E-state index contributed by atoms with van der Waals surface area (Å²) >= 11 is 6.73. The number of esters is 1. The van der Waals surface area contributed by atoms with E-state index in [9.17, 15) is 22.8 Å². The number of fused-ring (bicyclic) bond motifs is 1. The van der Waals surface area contributed by atoms with Crippen molar-refractivity contribution in [3.8, 4) is 11.5 Å². The first kappa shape index (κ1) is 30.1. The summed E-state index contributed by atoms with van der Waals surface area (Å²) in [7, 11) is 1.47. The van der Waals surface area contributed by atoms with Crippen LogP contribution in [0.25, 0.3) is 6.08 Å². The van der Waals surface area contributed by atoms with Crippen molar-refractivity contribution in [2.24, 2.45) is 4.99 Å². The number of rotatable bonds is 8. The first-order chi connectivity index (χ1) is 20.6. The highest BCUT2D eigenvalue weighted by Gasteiger charge is 2.45. The summed E-state index contributed by atoms with van der Waals surface area (Å²) in [6.07, 6.45) is -3.45. The number of methoxy groups -OCH3 is 1. The molecule has 5 rings (SSSR count). The fourth-order valence-electron chi connectivity index (χ4n) is 4.58. The summed E-state index contributed by atoms with van der Waals surface area (Å²) in [5.41, 5.74) is -1.01. The average Bonchev–Trinajstić information content (AvgIpc) is 3.30. The Morgan fingerprint density at radius 3 is 2.44 bits per heavy atom. The molecule has 0 N–H and O–H groups in total. The molecule has 4 aromatic rings. The lowest BCUT2D eigenvalue weighted by Crippen LogP contribution is -2.41. The lowest BCUT2D eigenvalue weighted by atomic mass is 9.95. The van der Waals surface area contributed by atoms with Crippen molar-refractivity contribution >= 4 is 35.0 Å². The van der Waals surface area contributed by atoms with Gasteiger partial charge in [0.1, 0.15) is 6.61 Å².